The van der Waals surface area contributed by atoms with E-state index in [0.29, 0.717) is 17.9 Å². The van der Waals surface area contributed by atoms with Gasteiger partial charge in [0.2, 0.25) is 0 Å². The average molecular weight is 284 g/mol. The topological polar surface area (TPSA) is 45.0 Å². The molecule has 0 aliphatic carbocycles. The van der Waals surface area contributed by atoms with Gasteiger partial charge >= 0.3 is 0 Å². The number of benzene rings is 2. The van der Waals surface area contributed by atoms with Gasteiger partial charge in [-0.2, -0.15) is 5.26 Å². The summed E-state index contributed by atoms with van der Waals surface area (Å²) in [5.74, 6) is 0.369. The lowest BCUT2D eigenvalue weighted by Gasteiger charge is -2.17. The van der Waals surface area contributed by atoms with Crippen LogP contribution < -0.4 is 10.1 Å². The van der Waals surface area contributed by atoms with Crippen molar-refractivity contribution in [3.63, 3.8) is 0 Å². The standard InChI is InChI=1S/C17H17FN2O/c1-12(16-9-15(18)6-7-17(16)21-2)20-11-14-5-3-4-13(8-14)10-19/h3-9,12,20H,11H2,1-2H3/t12-/m0/s1. The van der Waals surface area contributed by atoms with Crippen LogP contribution in [0.2, 0.25) is 0 Å². The van der Waals surface area contributed by atoms with Crippen molar-refractivity contribution in [1.29, 1.82) is 5.26 Å². The van der Waals surface area contributed by atoms with Crippen molar-refractivity contribution >= 4 is 0 Å². The second-order valence-electron chi connectivity index (χ2n) is 4.80. The molecule has 0 saturated carbocycles. The molecule has 0 aliphatic heterocycles. The number of halogens is 1. The monoisotopic (exact) mass is 284 g/mol. The van der Waals surface area contributed by atoms with Gasteiger partial charge in [-0.1, -0.05) is 12.1 Å². The highest BCUT2D eigenvalue weighted by Crippen LogP contribution is 2.26. The van der Waals surface area contributed by atoms with Crippen molar-refractivity contribution in [3.8, 4) is 11.8 Å². The minimum absolute atomic E-state index is 0.0682. The van der Waals surface area contributed by atoms with E-state index in [9.17, 15) is 4.39 Å². The van der Waals surface area contributed by atoms with Crippen molar-refractivity contribution in [2.45, 2.75) is 19.5 Å². The lowest BCUT2D eigenvalue weighted by Crippen LogP contribution is -2.19. The molecule has 0 amide bonds. The third-order valence-electron chi connectivity index (χ3n) is 3.33. The fourth-order valence-electron chi connectivity index (χ4n) is 2.18. The van der Waals surface area contributed by atoms with Crippen LogP contribution in [0.15, 0.2) is 42.5 Å². The molecule has 0 radical (unpaired) electrons. The van der Waals surface area contributed by atoms with Gasteiger partial charge in [0.15, 0.2) is 0 Å². The molecule has 0 unspecified atom stereocenters. The molecule has 4 heteroatoms. The summed E-state index contributed by atoms with van der Waals surface area (Å²) >= 11 is 0. The summed E-state index contributed by atoms with van der Waals surface area (Å²) in [5, 5.41) is 12.2. The smallest absolute Gasteiger partial charge is 0.123 e. The number of nitrogens with zero attached hydrogens (tertiary/aromatic N) is 1. The first-order chi connectivity index (χ1) is 10.1. The lowest BCUT2D eigenvalue weighted by atomic mass is 10.1. The van der Waals surface area contributed by atoms with Gasteiger partial charge in [-0.15, -0.1) is 0 Å². The Hall–Kier alpha value is -2.38. The molecule has 0 aliphatic rings. The summed E-state index contributed by atoms with van der Waals surface area (Å²) in [4.78, 5) is 0. The van der Waals surface area contributed by atoms with Crippen molar-refractivity contribution in [2.75, 3.05) is 7.11 Å². The Kier molecular flexibility index (Phi) is 4.91. The van der Waals surface area contributed by atoms with Crippen LogP contribution in [-0.2, 0) is 6.54 Å². The van der Waals surface area contributed by atoms with Gasteiger partial charge in [0.25, 0.3) is 0 Å². The van der Waals surface area contributed by atoms with Gasteiger partial charge < -0.3 is 10.1 Å². The zero-order valence-corrected chi connectivity index (χ0v) is 12.1. The number of hydrogen-bond acceptors (Lipinski definition) is 3. The summed E-state index contributed by atoms with van der Waals surface area (Å²) < 4.78 is 18.6. The fraction of sp³-hybridized carbons (Fsp3) is 0.235. The highest BCUT2D eigenvalue weighted by molar-refractivity contribution is 5.36. The molecule has 0 fully saturated rings. The summed E-state index contributed by atoms with van der Waals surface area (Å²) in [6, 6.07) is 13.9. The van der Waals surface area contributed by atoms with Crippen LogP contribution in [0.5, 0.6) is 5.75 Å². The summed E-state index contributed by atoms with van der Waals surface area (Å²) in [7, 11) is 1.57. The fourth-order valence-corrected chi connectivity index (χ4v) is 2.18. The SMILES string of the molecule is COc1ccc(F)cc1[C@H](C)NCc1cccc(C#N)c1. The number of ether oxygens (including phenoxy) is 1. The lowest BCUT2D eigenvalue weighted by molar-refractivity contribution is 0.399. The molecule has 1 N–H and O–H groups in total. The van der Waals surface area contributed by atoms with Crippen LogP contribution >= 0.6 is 0 Å². The molecule has 0 spiro atoms. The van der Waals surface area contributed by atoms with Crippen LogP contribution in [0.25, 0.3) is 0 Å². The molecule has 2 aromatic carbocycles. The molecular weight excluding hydrogens is 267 g/mol. The van der Waals surface area contributed by atoms with Gasteiger partial charge in [0.05, 0.1) is 18.7 Å². The highest BCUT2D eigenvalue weighted by Gasteiger charge is 2.12. The molecule has 21 heavy (non-hydrogen) atoms. The maximum Gasteiger partial charge on any atom is 0.123 e. The van der Waals surface area contributed by atoms with Crippen molar-refractivity contribution in [3.05, 3.63) is 65.0 Å². The van der Waals surface area contributed by atoms with E-state index in [4.69, 9.17) is 10.00 Å². The summed E-state index contributed by atoms with van der Waals surface area (Å²) in [5.41, 5.74) is 2.41. The number of methoxy groups -OCH3 is 1. The van der Waals surface area contributed by atoms with E-state index in [1.165, 1.54) is 12.1 Å². The Bertz CT molecular complexity index is 664. The highest BCUT2D eigenvalue weighted by atomic mass is 19.1. The summed E-state index contributed by atoms with van der Waals surface area (Å²) in [6.45, 7) is 2.54. The maximum atomic E-state index is 13.4. The van der Waals surface area contributed by atoms with E-state index in [2.05, 4.69) is 11.4 Å². The van der Waals surface area contributed by atoms with Crippen LogP contribution in [0.3, 0.4) is 0 Å². The molecule has 108 valence electrons. The van der Waals surface area contributed by atoms with Gasteiger partial charge in [-0.3, -0.25) is 0 Å². The Morgan fingerprint density at radius 1 is 1.29 bits per heavy atom. The molecular formula is C17H17FN2O. The number of hydrogen-bond donors (Lipinski definition) is 1. The van der Waals surface area contributed by atoms with Crippen LogP contribution in [0, 0.1) is 17.1 Å². The minimum atomic E-state index is -0.286. The van der Waals surface area contributed by atoms with Crippen LogP contribution in [0.1, 0.15) is 29.7 Å². The first-order valence-electron chi connectivity index (χ1n) is 6.70. The average Bonchev–Trinajstić information content (AvgIpc) is 2.52. The van der Waals surface area contributed by atoms with Crippen molar-refractivity contribution < 1.29 is 9.13 Å². The Labute approximate surface area is 124 Å². The van der Waals surface area contributed by atoms with E-state index >= 15 is 0 Å². The molecule has 2 aromatic rings. The van der Waals surface area contributed by atoms with E-state index in [1.807, 2.05) is 25.1 Å². The third-order valence-corrected chi connectivity index (χ3v) is 3.33. The van der Waals surface area contributed by atoms with Crippen molar-refractivity contribution in [1.82, 2.24) is 5.32 Å². The first-order valence-corrected chi connectivity index (χ1v) is 6.70. The largest absolute Gasteiger partial charge is 0.496 e. The number of nitriles is 1. The van der Waals surface area contributed by atoms with Crippen molar-refractivity contribution in [2.24, 2.45) is 0 Å². The number of rotatable bonds is 5. The van der Waals surface area contributed by atoms with Crippen LogP contribution in [0.4, 0.5) is 4.39 Å². The zero-order valence-electron chi connectivity index (χ0n) is 12.1. The molecule has 3 nitrogen and oxygen atoms in total. The van der Waals surface area contributed by atoms with E-state index in [0.717, 1.165) is 11.1 Å². The Morgan fingerprint density at radius 3 is 2.81 bits per heavy atom. The Balaban J connectivity index is 2.09. The number of nitrogens with one attached hydrogen (secondary N) is 1. The van der Waals surface area contributed by atoms with Crippen LogP contribution in [-0.4, -0.2) is 7.11 Å². The minimum Gasteiger partial charge on any atom is -0.496 e. The Morgan fingerprint density at radius 2 is 2.10 bits per heavy atom. The predicted octanol–water partition coefficient (Wildman–Crippen LogP) is 3.56. The molecule has 2 rings (SSSR count). The van der Waals surface area contributed by atoms with Gasteiger partial charge in [0.1, 0.15) is 11.6 Å². The summed E-state index contributed by atoms with van der Waals surface area (Å²) in [6.07, 6.45) is 0. The molecule has 0 saturated heterocycles. The molecule has 0 bridgehead atoms. The predicted molar refractivity (Wildman–Crippen MR) is 79.4 cm³/mol. The van der Waals surface area contributed by atoms with Gasteiger partial charge in [0, 0.05) is 18.2 Å². The molecule has 0 aromatic heterocycles. The van der Waals surface area contributed by atoms with Gasteiger partial charge in [-0.05, 0) is 42.8 Å². The first kappa shape index (κ1) is 15.0. The second-order valence-corrected chi connectivity index (χ2v) is 4.80. The van der Waals surface area contributed by atoms with E-state index < -0.39 is 0 Å². The molecule has 1 atom stereocenters. The normalized spacial score (nSPS) is 11.7. The van der Waals surface area contributed by atoms with E-state index in [-0.39, 0.29) is 11.9 Å². The van der Waals surface area contributed by atoms with Gasteiger partial charge in [-0.25, -0.2) is 4.39 Å². The maximum absolute atomic E-state index is 13.4. The zero-order chi connectivity index (χ0) is 15.2. The van der Waals surface area contributed by atoms with E-state index in [1.54, 1.807) is 19.2 Å². The molecule has 0 heterocycles. The quantitative estimate of drug-likeness (QED) is 0.913. The third kappa shape index (κ3) is 3.80. The second kappa shape index (κ2) is 6.87.